The van der Waals surface area contributed by atoms with Gasteiger partial charge in [-0.05, 0) is 25.2 Å². The van der Waals surface area contributed by atoms with Gasteiger partial charge in [0.2, 0.25) is 5.91 Å². The number of fused-ring (bicyclic) bond motifs is 1. The van der Waals surface area contributed by atoms with Gasteiger partial charge in [0.1, 0.15) is 12.0 Å². The van der Waals surface area contributed by atoms with Gasteiger partial charge in [0.25, 0.3) is 0 Å². The molecule has 1 saturated carbocycles. The van der Waals surface area contributed by atoms with Crippen LogP contribution < -0.4 is 0 Å². The summed E-state index contributed by atoms with van der Waals surface area (Å²) in [6, 6.07) is 0. The van der Waals surface area contributed by atoms with E-state index in [2.05, 4.69) is 14.8 Å². The molecule has 26 heavy (non-hydrogen) atoms. The van der Waals surface area contributed by atoms with E-state index in [1.54, 1.807) is 6.33 Å². The van der Waals surface area contributed by atoms with Crippen LogP contribution in [0.1, 0.15) is 30.5 Å². The maximum atomic E-state index is 12.8. The van der Waals surface area contributed by atoms with Gasteiger partial charge in [-0.3, -0.25) is 9.48 Å². The average molecular weight is 356 g/mol. The molecule has 1 saturated heterocycles. The maximum Gasteiger partial charge on any atom is 0.228 e. The lowest BCUT2D eigenvalue weighted by molar-refractivity contribution is -0.136. The molecule has 0 N–H and O–H groups in total. The minimum atomic E-state index is 0.00944. The van der Waals surface area contributed by atoms with Gasteiger partial charge in [-0.15, -0.1) is 10.2 Å². The van der Waals surface area contributed by atoms with Gasteiger partial charge in [0, 0.05) is 51.0 Å². The summed E-state index contributed by atoms with van der Waals surface area (Å²) >= 11 is 0. The van der Waals surface area contributed by atoms with Crippen LogP contribution in [-0.2, 0) is 36.1 Å². The Morgan fingerprint density at radius 2 is 2.23 bits per heavy atom. The van der Waals surface area contributed by atoms with E-state index in [0.717, 1.165) is 48.9 Å². The van der Waals surface area contributed by atoms with E-state index in [1.807, 2.05) is 16.6 Å². The summed E-state index contributed by atoms with van der Waals surface area (Å²) in [4.78, 5) is 14.8. The van der Waals surface area contributed by atoms with Crippen LogP contribution in [0.5, 0.6) is 0 Å². The Morgan fingerprint density at radius 3 is 3.00 bits per heavy atom. The molecule has 3 aliphatic rings. The summed E-state index contributed by atoms with van der Waals surface area (Å²) in [5.41, 5.74) is 3.20. The van der Waals surface area contributed by atoms with Crippen LogP contribution in [0, 0.1) is 11.8 Å². The predicted molar refractivity (Wildman–Crippen MR) is 93.0 cm³/mol. The fraction of sp³-hybridized carbons (Fsp3) is 0.667. The number of aromatic nitrogens is 5. The van der Waals surface area contributed by atoms with Gasteiger partial charge < -0.3 is 14.2 Å². The Morgan fingerprint density at radius 1 is 1.35 bits per heavy atom. The summed E-state index contributed by atoms with van der Waals surface area (Å²) in [6.45, 7) is 3.55. The van der Waals surface area contributed by atoms with Crippen molar-refractivity contribution >= 4 is 5.91 Å². The number of hydrogen-bond donors (Lipinski definition) is 0. The Kier molecular flexibility index (Phi) is 3.81. The molecule has 5 rings (SSSR count). The molecule has 8 heteroatoms. The zero-order valence-corrected chi connectivity index (χ0v) is 15.1. The first kappa shape index (κ1) is 16.0. The smallest absolute Gasteiger partial charge is 0.228 e. The molecule has 0 radical (unpaired) electrons. The quantitative estimate of drug-likeness (QED) is 0.817. The number of carbonyl (C=O) groups excluding carboxylic acids is 1. The van der Waals surface area contributed by atoms with Crippen molar-refractivity contribution in [2.75, 3.05) is 19.8 Å². The number of nitrogens with zero attached hydrogens (tertiary/aromatic N) is 6. The lowest BCUT2D eigenvalue weighted by Gasteiger charge is -2.29. The SMILES string of the molecule is Cn1nc(-c2nncn2CC2CC2)c2c1CCN(C(=O)C1CCOC1)C2. The zero-order valence-electron chi connectivity index (χ0n) is 15.1. The van der Waals surface area contributed by atoms with Crippen LogP contribution in [0.25, 0.3) is 11.5 Å². The molecule has 2 aromatic heterocycles. The van der Waals surface area contributed by atoms with Crippen molar-refractivity contribution in [1.82, 2.24) is 29.4 Å². The first-order valence-electron chi connectivity index (χ1n) is 9.50. The second-order valence-electron chi connectivity index (χ2n) is 7.72. The number of hydrogen-bond acceptors (Lipinski definition) is 5. The normalized spacial score (nSPS) is 22.7. The van der Waals surface area contributed by atoms with E-state index in [0.29, 0.717) is 19.8 Å². The zero-order chi connectivity index (χ0) is 17.7. The van der Waals surface area contributed by atoms with Crippen LogP contribution in [0.3, 0.4) is 0 Å². The second kappa shape index (κ2) is 6.19. The van der Waals surface area contributed by atoms with Crippen LogP contribution in [0.4, 0.5) is 0 Å². The van der Waals surface area contributed by atoms with Crippen molar-refractivity contribution in [3.8, 4) is 11.5 Å². The van der Waals surface area contributed by atoms with Crippen molar-refractivity contribution in [3.63, 3.8) is 0 Å². The number of aryl methyl sites for hydroxylation is 1. The number of amides is 1. The highest BCUT2D eigenvalue weighted by Gasteiger charge is 2.33. The van der Waals surface area contributed by atoms with Crippen molar-refractivity contribution < 1.29 is 9.53 Å². The van der Waals surface area contributed by atoms with E-state index in [-0.39, 0.29) is 11.8 Å². The monoisotopic (exact) mass is 356 g/mol. The molecular weight excluding hydrogens is 332 g/mol. The van der Waals surface area contributed by atoms with Crippen LogP contribution in [0.15, 0.2) is 6.33 Å². The van der Waals surface area contributed by atoms with Gasteiger partial charge in [0.15, 0.2) is 5.82 Å². The molecule has 2 fully saturated rings. The van der Waals surface area contributed by atoms with Crippen molar-refractivity contribution in [2.45, 2.75) is 38.8 Å². The van der Waals surface area contributed by atoms with Gasteiger partial charge in [-0.1, -0.05) is 0 Å². The predicted octanol–water partition coefficient (Wildman–Crippen LogP) is 1.01. The first-order valence-corrected chi connectivity index (χ1v) is 9.50. The minimum absolute atomic E-state index is 0.00944. The second-order valence-corrected chi connectivity index (χ2v) is 7.72. The molecule has 1 aliphatic carbocycles. The summed E-state index contributed by atoms with van der Waals surface area (Å²) in [5, 5.41) is 13.2. The molecule has 0 spiro atoms. The molecule has 1 unspecified atom stereocenters. The molecule has 2 aliphatic heterocycles. The first-order chi connectivity index (χ1) is 12.7. The summed E-state index contributed by atoms with van der Waals surface area (Å²) < 4.78 is 9.46. The summed E-state index contributed by atoms with van der Waals surface area (Å²) in [6.07, 6.45) is 6.02. The topological polar surface area (TPSA) is 78.1 Å². The Hall–Kier alpha value is -2.22. The van der Waals surface area contributed by atoms with Crippen molar-refractivity contribution in [3.05, 3.63) is 17.6 Å². The van der Waals surface area contributed by atoms with Gasteiger partial charge in [0.05, 0.1) is 12.5 Å². The molecule has 2 aromatic rings. The van der Waals surface area contributed by atoms with Crippen molar-refractivity contribution in [2.24, 2.45) is 18.9 Å². The fourth-order valence-corrected chi connectivity index (χ4v) is 4.10. The highest BCUT2D eigenvalue weighted by molar-refractivity contribution is 5.80. The third-order valence-electron chi connectivity index (χ3n) is 5.81. The van der Waals surface area contributed by atoms with Crippen LogP contribution in [-0.4, -0.2) is 55.1 Å². The third-order valence-corrected chi connectivity index (χ3v) is 5.81. The van der Waals surface area contributed by atoms with Crippen LogP contribution >= 0.6 is 0 Å². The lowest BCUT2D eigenvalue weighted by atomic mass is 10.0. The highest BCUT2D eigenvalue weighted by Crippen LogP contribution is 2.34. The summed E-state index contributed by atoms with van der Waals surface area (Å²) in [7, 11) is 1.98. The largest absolute Gasteiger partial charge is 0.381 e. The minimum Gasteiger partial charge on any atom is -0.381 e. The standard InChI is InChI=1S/C18H24N6O2/c1-22-15-4-6-23(18(25)13-5-7-26-10-13)9-14(15)16(21-22)17-20-19-11-24(17)8-12-2-3-12/h11-13H,2-10H2,1H3. The maximum absolute atomic E-state index is 12.8. The lowest BCUT2D eigenvalue weighted by Crippen LogP contribution is -2.40. The molecule has 4 heterocycles. The Labute approximate surface area is 152 Å². The number of ether oxygens (including phenoxy) is 1. The number of carbonyl (C=O) groups is 1. The Bertz CT molecular complexity index is 831. The molecule has 0 bridgehead atoms. The highest BCUT2D eigenvalue weighted by atomic mass is 16.5. The van der Waals surface area contributed by atoms with E-state index >= 15 is 0 Å². The van der Waals surface area contributed by atoms with Gasteiger partial charge >= 0.3 is 0 Å². The molecule has 1 atom stereocenters. The average Bonchev–Trinajstić information content (AvgIpc) is 3.04. The van der Waals surface area contributed by atoms with E-state index in [4.69, 9.17) is 9.84 Å². The van der Waals surface area contributed by atoms with E-state index < -0.39 is 0 Å². The number of rotatable bonds is 4. The molecule has 138 valence electrons. The van der Waals surface area contributed by atoms with Crippen LogP contribution in [0.2, 0.25) is 0 Å². The Balaban J connectivity index is 1.45. The summed E-state index contributed by atoms with van der Waals surface area (Å²) in [5.74, 6) is 1.79. The van der Waals surface area contributed by atoms with E-state index in [9.17, 15) is 4.79 Å². The van der Waals surface area contributed by atoms with E-state index in [1.165, 1.54) is 18.5 Å². The molecule has 0 aromatic carbocycles. The fourth-order valence-electron chi connectivity index (χ4n) is 4.10. The molecule has 1 amide bonds. The van der Waals surface area contributed by atoms with Gasteiger partial charge in [-0.25, -0.2) is 0 Å². The van der Waals surface area contributed by atoms with Gasteiger partial charge in [-0.2, -0.15) is 5.10 Å². The van der Waals surface area contributed by atoms with Crippen molar-refractivity contribution in [1.29, 1.82) is 0 Å². The third kappa shape index (κ3) is 2.72. The molecule has 8 nitrogen and oxygen atoms in total. The molecular formula is C18H24N6O2.